The summed E-state index contributed by atoms with van der Waals surface area (Å²) in [5.74, 6) is 2.40. The van der Waals surface area contributed by atoms with Crippen LogP contribution in [0.25, 0.3) is 11.5 Å². The Labute approximate surface area is 222 Å². The van der Waals surface area contributed by atoms with E-state index >= 15 is 0 Å². The zero-order chi connectivity index (χ0) is 26.8. The molecule has 10 heteroatoms. The maximum atomic E-state index is 13.1. The Morgan fingerprint density at radius 1 is 0.947 bits per heavy atom. The number of nitrogens with zero attached hydrogens (tertiary/aromatic N) is 7. The van der Waals surface area contributed by atoms with Crippen LogP contribution in [0.15, 0.2) is 36.5 Å². The van der Waals surface area contributed by atoms with Gasteiger partial charge in [-0.2, -0.15) is 5.10 Å². The zero-order valence-electron chi connectivity index (χ0n) is 22.8. The fourth-order valence-corrected chi connectivity index (χ4v) is 5.13. The van der Waals surface area contributed by atoms with E-state index in [-0.39, 0.29) is 5.91 Å². The van der Waals surface area contributed by atoms with Crippen LogP contribution in [0.2, 0.25) is 0 Å². The molecule has 0 N–H and O–H groups in total. The summed E-state index contributed by atoms with van der Waals surface area (Å²) in [6.45, 7) is 9.99. The number of piperazine rings is 1. The molecule has 1 aliphatic heterocycles. The van der Waals surface area contributed by atoms with Crippen molar-refractivity contribution >= 4 is 11.6 Å². The van der Waals surface area contributed by atoms with Crippen LogP contribution in [0.3, 0.4) is 0 Å². The molecule has 1 aliphatic rings. The highest BCUT2D eigenvalue weighted by Crippen LogP contribution is 2.28. The Kier molecular flexibility index (Phi) is 7.33. The van der Waals surface area contributed by atoms with Gasteiger partial charge in [0, 0.05) is 44.8 Å². The minimum Gasteiger partial charge on any atom is -0.493 e. The molecule has 0 saturated carbocycles. The average molecular weight is 518 g/mol. The van der Waals surface area contributed by atoms with E-state index < -0.39 is 0 Å². The van der Waals surface area contributed by atoms with Crippen LogP contribution in [0.5, 0.6) is 11.5 Å². The van der Waals surface area contributed by atoms with Gasteiger partial charge in [-0.15, -0.1) is 5.10 Å². The molecule has 4 aromatic rings. The number of hydrogen-bond acceptors (Lipinski definition) is 7. The van der Waals surface area contributed by atoms with E-state index in [9.17, 15) is 4.79 Å². The van der Waals surface area contributed by atoms with E-state index in [2.05, 4.69) is 16.0 Å². The van der Waals surface area contributed by atoms with Gasteiger partial charge in [-0.25, -0.2) is 14.2 Å². The lowest BCUT2D eigenvalue weighted by Crippen LogP contribution is -2.48. The number of ether oxygens (including phenoxy) is 2. The molecule has 0 bridgehead atoms. The summed E-state index contributed by atoms with van der Waals surface area (Å²) in [5, 5.41) is 9.44. The highest BCUT2D eigenvalue weighted by Gasteiger charge is 2.23. The van der Waals surface area contributed by atoms with E-state index in [1.54, 1.807) is 20.4 Å². The van der Waals surface area contributed by atoms with Crippen LogP contribution in [0.4, 0.5) is 0 Å². The molecule has 38 heavy (non-hydrogen) atoms. The number of imidazole rings is 1. The third-order valence-corrected chi connectivity index (χ3v) is 7.34. The van der Waals surface area contributed by atoms with Gasteiger partial charge in [0.2, 0.25) is 5.91 Å². The van der Waals surface area contributed by atoms with Crippen molar-refractivity contribution in [2.45, 2.75) is 40.2 Å². The fraction of sp³-hybridized carbons (Fsp3) is 0.429. The second kappa shape index (κ2) is 10.8. The molecule has 0 unspecified atom stereocenters. The molecule has 5 rings (SSSR count). The lowest BCUT2D eigenvalue weighted by Gasteiger charge is -2.35. The van der Waals surface area contributed by atoms with Crippen molar-refractivity contribution in [3.8, 4) is 17.3 Å². The van der Waals surface area contributed by atoms with Crippen molar-refractivity contribution in [2.24, 2.45) is 0 Å². The van der Waals surface area contributed by atoms with Gasteiger partial charge < -0.3 is 14.4 Å². The maximum Gasteiger partial charge on any atom is 0.222 e. The molecule has 0 spiro atoms. The first kappa shape index (κ1) is 25.7. The first-order chi connectivity index (χ1) is 18.4. The van der Waals surface area contributed by atoms with Gasteiger partial charge in [0.1, 0.15) is 0 Å². The number of aromatic nitrogens is 5. The van der Waals surface area contributed by atoms with Crippen LogP contribution >= 0.6 is 0 Å². The van der Waals surface area contributed by atoms with Crippen LogP contribution in [0, 0.1) is 20.8 Å². The third kappa shape index (κ3) is 5.08. The number of aryl methyl sites for hydroxylation is 2. The molecule has 1 fully saturated rings. The van der Waals surface area contributed by atoms with Crippen LogP contribution in [-0.4, -0.2) is 80.5 Å². The van der Waals surface area contributed by atoms with Gasteiger partial charge >= 0.3 is 0 Å². The monoisotopic (exact) mass is 517 g/mol. The number of benzene rings is 1. The third-order valence-electron chi connectivity index (χ3n) is 7.34. The van der Waals surface area contributed by atoms with Crippen molar-refractivity contribution in [1.82, 2.24) is 34.2 Å². The lowest BCUT2D eigenvalue weighted by molar-refractivity contribution is -0.133. The lowest BCUT2D eigenvalue weighted by atomic mass is 10.1. The number of fused-ring (bicyclic) bond motifs is 1. The van der Waals surface area contributed by atoms with Gasteiger partial charge in [-0.1, -0.05) is 6.07 Å². The number of methoxy groups -OCH3 is 2. The normalized spacial score (nSPS) is 14.3. The van der Waals surface area contributed by atoms with Gasteiger partial charge in [0.25, 0.3) is 0 Å². The topological polar surface area (TPSA) is 90.0 Å². The Bertz CT molecular complexity index is 1450. The van der Waals surface area contributed by atoms with Crippen molar-refractivity contribution < 1.29 is 14.3 Å². The van der Waals surface area contributed by atoms with Crippen molar-refractivity contribution in [3.63, 3.8) is 0 Å². The van der Waals surface area contributed by atoms with Gasteiger partial charge in [0.05, 0.1) is 31.8 Å². The maximum absolute atomic E-state index is 13.1. The number of carbonyl (C=O) groups excluding carboxylic acids is 1. The Hall–Kier alpha value is -3.92. The highest BCUT2D eigenvalue weighted by molar-refractivity contribution is 5.76. The summed E-state index contributed by atoms with van der Waals surface area (Å²) < 4.78 is 14.4. The fourth-order valence-electron chi connectivity index (χ4n) is 5.13. The average Bonchev–Trinajstić information content (AvgIpc) is 3.45. The summed E-state index contributed by atoms with van der Waals surface area (Å²) >= 11 is 0. The molecule has 0 atom stereocenters. The van der Waals surface area contributed by atoms with E-state index in [1.807, 2.05) is 59.1 Å². The predicted octanol–water partition coefficient (Wildman–Crippen LogP) is 3.13. The highest BCUT2D eigenvalue weighted by atomic mass is 16.5. The minimum absolute atomic E-state index is 0.191. The zero-order valence-corrected chi connectivity index (χ0v) is 22.8. The SMILES string of the molecule is COc1ccc(CN2CCN(C(=O)CCc3c(C)nn(-c4ccc5ncc(C)n5n4)c3C)CC2)cc1OC. The summed E-state index contributed by atoms with van der Waals surface area (Å²) in [6, 6.07) is 9.89. The molecule has 3 aromatic heterocycles. The molecular formula is C28H35N7O3. The first-order valence-electron chi connectivity index (χ1n) is 13.0. The largest absolute Gasteiger partial charge is 0.493 e. The first-order valence-corrected chi connectivity index (χ1v) is 13.0. The summed E-state index contributed by atoms with van der Waals surface area (Å²) in [6.07, 6.45) is 2.94. The van der Waals surface area contributed by atoms with E-state index in [0.29, 0.717) is 12.8 Å². The standard InChI is InChI=1S/C28H35N7O3/c1-19-17-29-26-9-10-27(31-34(19)26)35-21(3)23(20(2)30-35)7-11-28(36)33-14-12-32(13-15-33)18-22-6-8-24(37-4)25(16-22)38-5/h6,8-10,16-17H,7,11-15,18H2,1-5H3. The van der Waals surface area contributed by atoms with Crippen molar-refractivity contribution in [2.75, 3.05) is 40.4 Å². The second-order valence-corrected chi connectivity index (χ2v) is 9.77. The van der Waals surface area contributed by atoms with E-state index in [1.165, 1.54) is 5.56 Å². The molecule has 4 heterocycles. The van der Waals surface area contributed by atoms with Crippen LogP contribution in [-0.2, 0) is 17.8 Å². The minimum atomic E-state index is 0.191. The number of rotatable bonds is 8. The van der Waals surface area contributed by atoms with Crippen molar-refractivity contribution in [1.29, 1.82) is 0 Å². The van der Waals surface area contributed by atoms with Gasteiger partial charge in [-0.3, -0.25) is 9.69 Å². The summed E-state index contributed by atoms with van der Waals surface area (Å²) in [7, 11) is 3.29. The molecule has 1 saturated heterocycles. The Morgan fingerprint density at radius 2 is 1.71 bits per heavy atom. The number of hydrogen-bond donors (Lipinski definition) is 0. The molecule has 1 aromatic carbocycles. The molecular weight excluding hydrogens is 482 g/mol. The smallest absolute Gasteiger partial charge is 0.222 e. The van der Waals surface area contributed by atoms with Crippen LogP contribution in [0.1, 0.15) is 34.6 Å². The Balaban J connectivity index is 1.17. The van der Waals surface area contributed by atoms with E-state index in [4.69, 9.17) is 19.7 Å². The van der Waals surface area contributed by atoms with Gasteiger partial charge in [0.15, 0.2) is 23.0 Å². The molecule has 0 radical (unpaired) electrons. The van der Waals surface area contributed by atoms with E-state index in [0.717, 1.165) is 78.3 Å². The summed E-state index contributed by atoms with van der Waals surface area (Å²) in [5.41, 5.74) is 6.00. The molecule has 10 nitrogen and oxygen atoms in total. The molecule has 0 aliphatic carbocycles. The molecule has 200 valence electrons. The summed E-state index contributed by atoms with van der Waals surface area (Å²) in [4.78, 5) is 21.8. The second-order valence-electron chi connectivity index (χ2n) is 9.77. The Morgan fingerprint density at radius 3 is 2.45 bits per heavy atom. The number of carbonyl (C=O) groups is 1. The van der Waals surface area contributed by atoms with Crippen LogP contribution < -0.4 is 9.47 Å². The molecule has 1 amide bonds. The number of amides is 1. The quantitative estimate of drug-likeness (QED) is 0.355. The predicted molar refractivity (Wildman–Crippen MR) is 144 cm³/mol. The van der Waals surface area contributed by atoms with Gasteiger partial charge in [-0.05, 0) is 62.6 Å². The van der Waals surface area contributed by atoms with Crippen molar-refractivity contribution in [3.05, 3.63) is 64.7 Å².